The molecule has 1 aromatic carbocycles. The van der Waals surface area contributed by atoms with E-state index in [-0.39, 0.29) is 23.3 Å². The second-order valence-corrected chi connectivity index (χ2v) is 6.74. The van der Waals surface area contributed by atoms with Crippen LogP contribution in [0.2, 0.25) is 0 Å². The van der Waals surface area contributed by atoms with Crippen LogP contribution in [0.25, 0.3) is 6.08 Å². The number of hydrogen-bond acceptors (Lipinski definition) is 6. The Kier molecular flexibility index (Phi) is 7.20. The van der Waals surface area contributed by atoms with Crippen LogP contribution in [0.3, 0.4) is 0 Å². The van der Waals surface area contributed by atoms with E-state index >= 15 is 0 Å². The van der Waals surface area contributed by atoms with Crippen LogP contribution in [0.1, 0.15) is 19.4 Å². The Bertz CT molecular complexity index is 796. The van der Waals surface area contributed by atoms with Gasteiger partial charge in [-0.2, -0.15) is 0 Å². The topological polar surface area (TPSA) is 68.3 Å². The highest BCUT2D eigenvalue weighted by molar-refractivity contribution is 9.10. The molecular formula is C18H21BrN2O5S. The molecule has 2 rings (SSSR count). The van der Waals surface area contributed by atoms with Crippen LogP contribution >= 0.6 is 28.1 Å². The molecule has 1 heterocycles. The quantitative estimate of drug-likeness (QED) is 0.354. The molecule has 0 atom stereocenters. The first-order chi connectivity index (χ1) is 12.8. The number of carbonyl (C=O) groups excluding carboxylic acids is 2. The van der Waals surface area contributed by atoms with Crippen LogP contribution in [-0.2, 0) is 14.3 Å². The first kappa shape index (κ1) is 21.2. The maximum atomic E-state index is 12.6. The standard InChI is InChI=1S/C18H21BrN2O5S/c1-5-25-14-9-15(26-6-2)12(19)7-11(14)8-13-17(23)20(3)18(27)21(13)10-16(22)24-4/h7-9H,5-6,10H2,1-4H3/b13-8-. The molecule has 27 heavy (non-hydrogen) atoms. The number of halogens is 1. The molecule has 0 unspecified atom stereocenters. The summed E-state index contributed by atoms with van der Waals surface area (Å²) in [6.45, 7) is 4.56. The Morgan fingerprint density at radius 2 is 1.85 bits per heavy atom. The van der Waals surface area contributed by atoms with Crippen molar-refractivity contribution >= 4 is 51.2 Å². The smallest absolute Gasteiger partial charge is 0.325 e. The molecule has 1 aliphatic heterocycles. The minimum absolute atomic E-state index is 0.153. The molecule has 0 bridgehead atoms. The van der Waals surface area contributed by atoms with Gasteiger partial charge in [-0.15, -0.1) is 0 Å². The summed E-state index contributed by atoms with van der Waals surface area (Å²) >= 11 is 8.76. The lowest BCUT2D eigenvalue weighted by molar-refractivity contribution is -0.140. The third-order valence-electron chi connectivity index (χ3n) is 3.80. The van der Waals surface area contributed by atoms with Gasteiger partial charge in [-0.05, 0) is 54.1 Å². The van der Waals surface area contributed by atoms with Gasteiger partial charge < -0.3 is 19.1 Å². The van der Waals surface area contributed by atoms with Crippen molar-refractivity contribution in [2.24, 2.45) is 0 Å². The Morgan fingerprint density at radius 3 is 2.44 bits per heavy atom. The van der Waals surface area contributed by atoms with E-state index in [1.54, 1.807) is 25.3 Å². The fourth-order valence-electron chi connectivity index (χ4n) is 2.50. The van der Waals surface area contributed by atoms with Crippen molar-refractivity contribution in [2.45, 2.75) is 13.8 Å². The first-order valence-electron chi connectivity index (χ1n) is 8.31. The fraction of sp³-hybridized carbons (Fsp3) is 0.389. The maximum absolute atomic E-state index is 12.6. The van der Waals surface area contributed by atoms with Gasteiger partial charge in [-0.3, -0.25) is 14.5 Å². The van der Waals surface area contributed by atoms with Crippen LogP contribution in [0, 0.1) is 0 Å². The largest absolute Gasteiger partial charge is 0.493 e. The van der Waals surface area contributed by atoms with Gasteiger partial charge in [0.1, 0.15) is 23.7 Å². The van der Waals surface area contributed by atoms with E-state index in [1.807, 2.05) is 13.8 Å². The van der Waals surface area contributed by atoms with Crippen molar-refractivity contribution in [2.75, 3.05) is 33.9 Å². The number of amides is 1. The van der Waals surface area contributed by atoms with Gasteiger partial charge in [0.15, 0.2) is 5.11 Å². The van der Waals surface area contributed by atoms with Crippen molar-refractivity contribution in [3.05, 3.63) is 27.9 Å². The molecule has 0 aromatic heterocycles. The van der Waals surface area contributed by atoms with Crippen molar-refractivity contribution in [3.63, 3.8) is 0 Å². The Morgan fingerprint density at radius 1 is 1.22 bits per heavy atom. The zero-order valence-electron chi connectivity index (χ0n) is 15.6. The summed E-state index contributed by atoms with van der Waals surface area (Å²) in [5, 5.41) is 0.236. The van der Waals surface area contributed by atoms with Crippen LogP contribution in [0.15, 0.2) is 22.3 Å². The number of hydrogen-bond donors (Lipinski definition) is 0. The average molecular weight is 457 g/mol. The molecule has 146 valence electrons. The Balaban J connectivity index is 2.52. The SMILES string of the molecule is CCOc1cc(OCC)c(/C=C2/C(=O)N(C)C(=S)N2CC(=O)OC)cc1Br. The molecule has 1 saturated heterocycles. The lowest BCUT2D eigenvalue weighted by Gasteiger charge is -2.17. The van der Waals surface area contributed by atoms with E-state index in [0.29, 0.717) is 30.3 Å². The van der Waals surface area contributed by atoms with Crippen LogP contribution in [-0.4, -0.2) is 60.7 Å². The summed E-state index contributed by atoms with van der Waals surface area (Å²) < 4.78 is 16.7. The number of ether oxygens (including phenoxy) is 3. The van der Waals surface area contributed by atoms with Gasteiger partial charge in [0.25, 0.3) is 5.91 Å². The van der Waals surface area contributed by atoms with E-state index in [2.05, 4.69) is 15.9 Å². The maximum Gasteiger partial charge on any atom is 0.325 e. The van der Waals surface area contributed by atoms with E-state index in [4.69, 9.17) is 26.4 Å². The summed E-state index contributed by atoms with van der Waals surface area (Å²) in [5.74, 6) is 0.392. The molecule has 0 N–H and O–H groups in total. The van der Waals surface area contributed by atoms with Crippen LogP contribution in [0.4, 0.5) is 0 Å². The highest BCUT2D eigenvalue weighted by Gasteiger charge is 2.37. The summed E-state index contributed by atoms with van der Waals surface area (Å²) in [5.41, 5.74) is 0.924. The van der Waals surface area contributed by atoms with Gasteiger partial charge in [-0.25, -0.2) is 0 Å². The minimum Gasteiger partial charge on any atom is -0.493 e. The number of esters is 1. The molecule has 9 heteroatoms. The second kappa shape index (κ2) is 9.18. The fourth-order valence-corrected chi connectivity index (χ4v) is 3.22. The van der Waals surface area contributed by atoms with Crippen LogP contribution in [0.5, 0.6) is 11.5 Å². The third-order valence-corrected chi connectivity index (χ3v) is 4.92. The molecular weight excluding hydrogens is 436 g/mol. The third kappa shape index (κ3) is 4.59. The number of methoxy groups -OCH3 is 1. The predicted octanol–water partition coefficient (Wildman–Crippen LogP) is 2.82. The molecule has 1 aromatic rings. The Labute approximate surface area is 172 Å². The lowest BCUT2D eigenvalue weighted by Crippen LogP contribution is -2.33. The number of benzene rings is 1. The highest BCUT2D eigenvalue weighted by atomic mass is 79.9. The van der Waals surface area contributed by atoms with Crippen LogP contribution < -0.4 is 9.47 Å². The molecule has 1 aliphatic rings. The zero-order chi connectivity index (χ0) is 20.1. The Hall–Kier alpha value is -2.13. The number of nitrogens with zero attached hydrogens (tertiary/aromatic N) is 2. The molecule has 1 amide bonds. The van der Waals surface area contributed by atoms with E-state index in [1.165, 1.54) is 16.9 Å². The highest BCUT2D eigenvalue weighted by Crippen LogP contribution is 2.35. The number of likely N-dealkylation sites (N-methyl/N-ethyl adjacent to an activating group) is 1. The van der Waals surface area contributed by atoms with Crippen molar-refractivity contribution in [3.8, 4) is 11.5 Å². The van der Waals surface area contributed by atoms with Crippen molar-refractivity contribution < 1.29 is 23.8 Å². The van der Waals surface area contributed by atoms with E-state index in [9.17, 15) is 9.59 Å². The van der Waals surface area contributed by atoms with Gasteiger partial charge in [0.2, 0.25) is 0 Å². The molecule has 0 aliphatic carbocycles. The van der Waals surface area contributed by atoms with E-state index < -0.39 is 5.97 Å². The predicted molar refractivity (Wildman–Crippen MR) is 109 cm³/mol. The van der Waals surface area contributed by atoms with Crippen molar-refractivity contribution in [1.82, 2.24) is 9.80 Å². The monoisotopic (exact) mass is 456 g/mol. The number of thiocarbonyl (C=S) groups is 1. The first-order valence-corrected chi connectivity index (χ1v) is 9.51. The lowest BCUT2D eigenvalue weighted by atomic mass is 10.1. The van der Waals surface area contributed by atoms with Gasteiger partial charge in [0, 0.05) is 18.7 Å². The van der Waals surface area contributed by atoms with Gasteiger partial charge >= 0.3 is 5.97 Å². The molecule has 7 nitrogen and oxygen atoms in total. The average Bonchev–Trinajstić information content (AvgIpc) is 2.83. The normalized spacial score (nSPS) is 15.5. The number of carbonyl (C=O) groups is 2. The number of rotatable bonds is 7. The summed E-state index contributed by atoms with van der Waals surface area (Å²) in [4.78, 5) is 27.1. The van der Waals surface area contributed by atoms with Gasteiger partial charge in [-0.1, -0.05) is 0 Å². The van der Waals surface area contributed by atoms with Gasteiger partial charge in [0.05, 0.1) is 24.8 Å². The zero-order valence-corrected chi connectivity index (χ0v) is 18.0. The summed E-state index contributed by atoms with van der Waals surface area (Å²) in [6.07, 6.45) is 1.65. The minimum atomic E-state index is -0.496. The molecule has 1 fully saturated rings. The van der Waals surface area contributed by atoms with E-state index in [0.717, 1.165) is 4.47 Å². The summed E-state index contributed by atoms with van der Waals surface area (Å²) in [7, 11) is 2.85. The molecule has 0 spiro atoms. The second-order valence-electron chi connectivity index (χ2n) is 5.53. The van der Waals surface area contributed by atoms with Crippen molar-refractivity contribution in [1.29, 1.82) is 0 Å². The molecule has 0 radical (unpaired) electrons. The molecule has 0 saturated carbocycles. The summed E-state index contributed by atoms with van der Waals surface area (Å²) in [6, 6.07) is 3.56.